The highest BCUT2D eigenvalue weighted by molar-refractivity contribution is 7.98. The molecule has 0 atom stereocenters. The summed E-state index contributed by atoms with van der Waals surface area (Å²) in [5.74, 6) is 1.81. The Morgan fingerprint density at radius 1 is 0.972 bits per heavy atom. The Morgan fingerprint density at radius 3 is 2.61 bits per heavy atom. The highest BCUT2D eigenvalue weighted by Gasteiger charge is 2.17. The van der Waals surface area contributed by atoms with E-state index in [1.54, 1.807) is 16.8 Å². The minimum Gasteiger partial charge on any atom is -0.368 e. The molecule has 0 aliphatic carbocycles. The lowest BCUT2D eigenvalue weighted by Crippen LogP contribution is -2.23. The maximum absolute atomic E-state index is 13.5. The highest BCUT2D eigenvalue weighted by atomic mass is 32.2. The number of pyridine rings is 1. The molecule has 0 radical (unpaired) electrons. The number of fused-ring (bicyclic) bond motifs is 1. The van der Waals surface area contributed by atoms with Crippen molar-refractivity contribution < 1.29 is 0 Å². The Morgan fingerprint density at radius 2 is 1.78 bits per heavy atom. The number of rotatable bonds is 7. The molecule has 0 bridgehead atoms. The summed E-state index contributed by atoms with van der Waals surface area (Å²) in [4.78, 5) is 35.8. The second-order valence-electron chi connectivity index (χ2n) is 8.05. The number of aromatic nitrogens is 6. The maximum atomic E-state index is 13.5. The zero-order valence-corrected chi connectivity index (χ0v) is 20.7. The minimum absolute atomic E-state index is 0.113. The number of nitrogens with zero attached hydrogens (tertiary/aromatic N) is 6. The van der Waals surface area contributed by atoms with Gasteiger partial charge in [0.1, 0.15) is 11.6 Å². The van der Waals surface area contributed by atoms with Gasteiger partial charge in [-0.2, -0.15) is 15.0 Å². The molecule has 9 nitrogen and oxygen atoms in total. The van der Waals surface area contributed by atoms with E-state index >= 15 is 0 Å². The summed E-state index contributed by atoms with van der Waals surface area (Å²) in [7, 11) is 0. The van der Waals surface area contributed by atoms with Crippen molar-refractivity contribution in [3.05, 3.63) is 94.2 Å². The molecule has 0 saturated carbocycles. The van der Waals surface area contributed by atoms with Crippen LogP contribution in [-0.4, -0.2) is 29.5 Å². The molecule has 0 unspecified atom stereocenters. The molecule has 0 fully saturated rings. The van der Waals surface area contributed by atoms with Crippen molar-refractivity contribution in [1.29, 1.82) is 0 Å². The number of anilines is 3. The molecule has 0 spiro atoms. The van der Waals surface area contributed by atoms with E-state index in [4.69, 9.17) is 10.7 Å². The summed E-state index contributed by atoms with van der Waals surface area (Å²) >= 11 is 1.34. The number of para-hydroxylation sites is 2. The zero-order valence-electron chi connectivity index (χ0n) is 19.8. The van der Waals surface area contributed by atoms with Gasteiger partial charge in [0, 0.05) is 11.9 Å². The third-order valence-electron chi connectivity index (χ3n) is 5.61. The van der Waals surface area contributed by atoms with Gasteiger partial charge < -0.3 is 11.1 Å². The molecule has 3 heterocycles. The molecular weight excluding hydrogens is 472 g/mol. The molecule has 0 saturated heterocycles. The number of benzene rings is 2. The van der Waals surface area contributed by atoms with E-state index in [9.17, 15) is 4.79 Å². The van der Waals surface area contributed by atoms with E-state index in [1.807, 2.05) is 61.5 Å². The van der Waals surface area contributed by atoms with Crippen molar-refractivity contribution in [2.24, 2.45) is 0 Å². The average molecular weight is 497 g/mol. The quantitative estimate of drug-likeness (QED) is 0.248. The van der Waals surface area contributed by atoms with Crippen LogP contribution in [0, 0.1) is 6.92 Å². The van der Waals surface area contributed by atoms with Crippen molar-refractivity contribution in [3.63, 3.8) is 0 Å². The molecule has 5 aromatic rings. The standard InChI is InChI=1S/C26H24N8OS/c1-3-17-10-4-6-12-19(17)29-25-32-21(31-24(27)33-25)15-36-26-30-20-13-7-5-11-18(20)23(35)34(26)22-16(2)9-8-14-28-22/h4-14H,3,15H2,1-2H3,(H3,27,29,31,32,33). The predicted molar refractivity (Wildman–Crippen MR) is 143 cm³/mol. The molecule has 180 valence electrons. The lowest BCUT2D eigenvalue weighted by molar-refractivity contribution is 0.788. The molecule has 0 amide bonds. The molecule has 3 aromatic heterocycles. The fraction of sp³-hybridized carbons (Fsp3) is 0.154. The molecule has 36 heavy (non-hydrogen) atoms. The first-order valence-corrected chi connectivity index (χ1v) is 12.4. The smallest absolute Gasteiger partial charge is 0.267 e. The first-order valence-electron chi connectivity index (χ1n) is 11.5. The first kappa shape index (κ1) is 23.4. The van der Waals surface area contributed by atoms with Gasteiger partial charge >= 0.3 is 0 Å². The minimum atomic E-state index is -0.182. The summed E-state index contributed by atoms with van der Waals surface area (Å²) in [6, 6.07) is 19.0. The topological polar surface area (TPSA) is 124 Å². The van der Waals surface area contributed by atoms with Gasteiger partial charge in [0.25, 0.3) is 5.56 Å². The SMILES string of the molecule is CCc1ccccc1Nc1nc(N)nc(CSc2nc3ccccc3c(=O)n2-c2ncccc2C)n1. The van der Waals surface area contributed by atoms with Crippen LogP contribution in [0.4, 0.5) is 17.6 Å². The number of nitrogens with one attached hydrogen (secondary N) is 1. The average Bonchev–Trinajstić information content (AvgIpc) is 2.88. The van der Waals surface area contributed by atoms with E-state index in [0.717, 1.165) is 23.2 Å². The molecule has 5 rings (SSSR count). The summed E-state index contributed by atoms with van der Waals surface area (Å²) in [6.45, 7) is 4.00. The van der Waals surface area contributed by atoms with Gasteiger partial charge in [-0.3, -0.25) is 4.79 Å². The predicted octanol–water partition coefficient (Wildman–Crippen LogP) is 4.45. The maximum Gasteiger partial charge on any atom is 0.267 e. The summed E-state index contributed by atoms with van der Waals surface area (Å²) < 4.78 is 1.55. The second kappa shape index (κ2) is 10.1. The van der Waals surface area contributed by atoms with Crippen LogP contribution in [-0.2, 0) is 12.2 Å². The van der Waals surface area contributed by atoms with Crippen LogP contribution in [0.25, 0.3) is 16.7 Å². The third-order valence-corrected chi connectivity index (χ3v) is 6.55. The lowest BCUT2D eigenvalue weighted by atomic mass is 10.1. The number of thioether (sulfide) groups is 1. The normalized spacial score (nSPS) is 11.1. The van der Waals surface area contributed by atoms with E-state index < -0.39 is 0 Å². The van der Waals surface area contributed by atoms with Crippen LogP contribution in [0.3, 0.4) is 0 Å². The van der Waals surface area contributed by atoms with Crippen molar-refractivity contribution >= 4 is 40.2 Å². The van der Waals surface area contributed by atoms with Crippen LogP contribution in [0.1, 0.15) is 23.9 Å². The fourth-order valence-electron chi connectivity index (χ4n) is 3.87. The number of hydrogen-bond acceptors (Lipinski definition) is 9. The zero-order chi connectivity index (χ0) is 25.1. The Hall–Kier alpha value is -4.31. The van der Waals surface area contributed by atoms with E-state index in [-0.39, 0.29) is 11.5 Å². The van der Waals surface area contributed by atoms with Crippen LogP contribution in [0.15, 0.2) is 76.8 Å². The van der Waals surface area contributed by atoms with E-state index in [0.29, 0.717) is 39.4 Å². The summed E-state index contributed by atoms with van der Waals surface area (Å²) in [5.41, 5.74) is 9.35. The fourth-order valence-corrected chi connectivity index (χ4v) is 4.71. The molecule has 10 heteroatoms. The Kier molecular flexibility index (Phi) is 6.59. The van der Waals surface area contributed by atoms with Crippen LogP contribution in [0.2, 0.25) is 0 Å². The van der Waals surface area contributed by atoms with Crippen LogP contribution in [0.5, 0.6) is 0 Å². The van der Waals surface area contributed by atoms with E-state index in [2.05, 4.69) is 32.2 Å². The van der Waals surface area contributed by atoms with Gasteiger partial charge in [-0.1, -0.05) is 55.1 Å². The third kappa shape index (κ3) is 4.76. The number of nitrogen functional groups attached to an aromatic ring is 1. The molecule has 0 aliphatic heterocycles. The Bertz CT molecular complexity index is 1620. The van der Waals surface area contributed by atoms with Crippen molar-refractivity contribution in [1.82, 2.24) is 29.5 Å². The van der Waals surface area contributed by atoms with Crippen LogP contribution >= 0.6 is 11.8 Å². The van der Waals surface area contributed by atoms with Crippen molar-refractivity contribution in [2.45, 2.75) is 31.2 Å². The second-order valence-corrected chi connectivity index (χ2v) is 9.00. The monoisotopic (exact) mass is 496 g/mol. The van der Waals surface area contributed by atoms with Gasteiger partial charge in [0.05, 0.1) is 16.7 Å². The molecule has 0 aliphatic rings. The molecular formula is C26H24N8OS. The van der Waals surface area contributed by atoms with Crippen LogP contribution < -0.4 is 16.6 Å². The summed E-state index contributed by atoms with van der Waals surface area (Å²) in [6.07, 6.45) is 2.53. The van der Waals surface area contributed by atoms with Gasteiger partial charge in [-0.15, -0.1) is 0 Å². The number of aryl methyl sites for hydroxylation is 2. The Balaban J connectivity index is 1.50. The van der Waals surface area contributed by atoms with Crippen molar-refractivity contribution in [2.75, 3.05) is 11.1 Å². The van der Waals surface area contributed by atoms with E-state index in [1.165, 1.54) is 11.8 Å². The van der Waals surface area contributed by atoms with Gasteiger partial charge in [0.15, 0.2) is 5.16 Å². The van der Waals surface area contributed by atoms with Gasteiger partial charge in [-0.25, -0.2) is 14.5 Å². The Labute approximate surface area is 211 Å². The molecule has 3 N–H and O–H groups in total. The summed E-state index contributed by atoms with van der Waals surface area (Å²) in [5, 5.41) is 4.26. The van der Waals surface area contributed by atoms with Crippen molar-refractivity contribution in [3.8, 4) is 5.82 Å². The first-order chi connectivity index (χ1) is 17.5. The number of hydrogen-bond donors (Lipinski definition) is 2. The highest BCUT2D eigenvalue weighted by Crippen LogP contribution is 2.25. The van der Waals surface area contributed by atoms with Gasteiger partial charge in [0.2, 0.25) is 11.9 Å². The molecule has 2 aromatic carbocycles. The van der Waals surface area contributed by atoms with Gasteiger partial charge in [-0.05, 0) is 48.7 Å². The number of nitrogens with two attached hydrogens (primary N) is 1. The largest absolute Gasteiger partial charge is 0.368 e. The lowest BCUT2D eigenvalue weighted by Gasteiger charge is -2.14.